The summed E-state index contributed by atoms with van der Waals surface area (Å²) >= 11 is 0. The van der Waals surface area contributed by atoms with Crippen molar-refractivity contribution in [3.8, 4) is 0 Å². The Balaban J connectivity index is 2.84. The molecule has 1 heterocycles. The normalized spacial score (nSPS) is 9.64. The summed E-state index contributed by atoms with van der Waals surface area (Å²) in [5.41, 5.74) is 5.00. The van der Waals surface area contributed by atoms with Crippen LogP contribution in [0.1, 0.15) is 5.76 Å². The molecule has 0 saturated carbocycles. The molecule has 2 amide bonds. The highest BCUT2D eigenvalue weighted by Gasteiger charge is 2.08. The van der Waals surface area contributed by atoms with Gasteiger partial charge in [0.25, 0.3) is 0 Å². The summed E-state index contributed by atoms with van der Waals surface area (Å²) in [5, 5.41) is 0. The Kier molecular flexibility index (Phi) is 1.85. The van der Waals surface area contributed by atoms with Crippen LogP contribution in [0.3, 0.4) is 0 Å². The minimum Gasteiger partial charge on any atom is -0.445 e. The SMILES string of the molecule is Cc1ccc(N(C)C(N)=O)o1. The molecule has 0 bridgehead atoms. The van der Waals surface area contributed by atoms with E-state index in [1.54, 1.807) is 26.1 Å². The molecule has 0 aliphatic rings. The molecule has 0 atom stereocenters. The minimum atomic E-state index is -0.528. The molecule has 11 heavy (non-hydrogen) atoms. The van der Waals surface area contributed by atoms with Gasteiger partial charge in [0.05, 0.1) is 0 Å². The number of nitrogens with two attached hydrogens (primary N) is 1. The molecule has 0 unspecified atom stereocenters. The summed E-state index contributed by atoms with van der Waals surface area (Å²) in [7, 11) is 1.56. The number of carbonyl (C=O) groups excluding carboxylic acids is 1. The van der Waals surface area contributed by atoms with Gasteiger partial charge in [0.2, 0.25) is 5.88 Å². The van der Waals surface area contributed by atoms with Gasteiger partial charge in [0.15, 0.2) is 0 Å². The second-order valence-electron chi connectivity index (χ2n) is 2.28. The van der Waals surface area contributed by atoms with Crippen LogP contribution in [-0.2, 0) is 0 Å². The minimum absolute atomic E-state index is 0.468. The number of hydrogen-bond donors (Lipinski definition) is 1. The predicted octanol–water partition coefficient (Wildman–Crippen LogP) is 1.10. The number of rotatable bonds is 1. The highest BCUT2D eigenvalue weighted by atomic mass is 16.4. The Morgan fingerprint density at radius 3 is 2.64 bits per heavy atom. The molecular weight excluding hydrogens is 144 g/mol. The van der Waals surface area contributed by atoms with Crippen LogP contribution < -0.4 is 10.6 Å². The van der Waals surface area contributed by atoms with Gasteiger partial charge >= 0.3 is 6.03 Å². The van der Waals surface area contributed by atoms with Gasteiger partial charge < -0.3 is 10.2 Å². The fraction of sp³-hybridized carbons (Fsp3) is 0.286. The van der Waals surface area contributed by atoms with E-state index in [1.807, 2.05) is 0 Å². The average molecular weight is 154 g/mol. The lowest BCUT2D eigenvalue weighted by Gasteiger charge is -2.08. The first-order chi connectivity index (χ1) is 5.11. The third kappa shape index (κ3) is 1.52. The lowest BCUT2D eigenvalue weighted by Crippen LogP contribution is -2.31. The van der Waals surface area contributed by atoms with Gasteiger partial charge in [-0.3, -0.25) is 4.90 Å². The van der Waals surface area contributed by atoms with Gasteiger partial charge in [0.1, 0.15) is 5.76 Å². The molecule has 1 rings (SSSR count). The zero-order chi connectivity index (χ0) is 8.43. The van der Waals surface area contributed by atoms with Crippen LogP contribution in [0.15, 0.2) is 16.5 Å². The fourth-order valence-electron chi connectivity index (χ4n) is 0.711. The zero-order valence-electron chi connectivity index (χ0n) is 6.50. The van der Waals surface area contributed by atoms with Crippen molar-refractivity contribution in [1.29, 1.82) is 0 Å². The van der Waals surface area contributed by atoms with E-state index in [0.29, 0.717) is 5.88 Å². The number of hydrogen-bond acceptors (Lipinski definition) is 2. The first-order valence-electron chi connectivity index (χ1n) is 3.21. The van der Waals surface area contributed by atoms with Crippen LogP contribution in [-0.4, -0.2) is 13.1 Å². The Morgan fingerprint density at radius 2 is 2.27 bits per heavy atom. The zero-order valence-corrected chi connectivity index (χ0v) is 6.50. The van der Waals surface area contributed by atoms with E-state index in [2.05, 4.69) is 0 Å². The molecule has 0 spiro atoms. The Hall–Kier alpha value is -1.45. The summed E-state index contributed by atoms with van der Waals surface area (Å²) in [6.07, 6.45) is 0. The average Bonchev–Trinajstić information content (AvgIpc) is 2.34. The number of nitrogens with zero attached hydrogens (tertiary/aromatic N) is 1. The molecule has 60 valence electrons. The van der Waals surface area contributed by atoms with E-state index < -0.39 is 6.03 Å². The molecule has 0 radical (unpaired) electrons. The van der Waals surface area contributed by atoms with Crippen molar-refractivity contribution in [3.05, 3.63) is 17.9 Å². The van der Waals surface area contributed by atoms with Gasteiger partial charge in [0, 0.05) is 13.1 Å². The lowest BCUT2D eigenvalue weighted by molar-refractivity contribution is 0.254. The van der Waals surface area contributed by atoms with Crippen molar-refractivity contribution in [2.45, 2.75) is 6.92 Å². The quantitative estimate of drug-likeness (QED) is 0.658. The van der Waals surface area contributed by atoms with E-state index in [0.717, 1.165) is 5.76 Å². The molecule has 0 aromatic carbocycles. The van der Waals surface area contributed by atoms with E-state index in [4.69, 9.17) is 10.2 Å². The fourth-order valence-corrected chi connectivity index (χ4v) is 0.711. The molecule has 2 N–H and O–H groups in total. The van der Waals surface area contributed by atoms with E-state index in [1.165, 1.54) is 4.90 Å². The summed E-state index contributed by atoms with van der Waals surface area (Å²) in [4.78, 5) is 11.8. The largest absolute Gasteiger partial charge is 0.445 e. The number of anilines is 1. The van der Waals surface area contributed by atoms with Crippen LogP contribution >= 0.6 is 0 Å². The predicted molar refractivity (Wildman–Crippen MR) is 41.4 cm³/mol. The van der Waals surface area contributed by atoms with Gasteiger partial charge in [-0.05, 0) is 13.0 Å². The number of furan rings is 1. The molecule has 0 saturated heterocycles. The Bertz CT molecular complexity index is 267. The highest BCUT2D eigenvalue weighted by Crippen LogP contribution is 2.15. The van der Waals surface area contributed by atoms with Crippen molar-refractivity contribution in [3.63, 3.8) is 0 Å². The maximum Gasteiger partial charge on any atom is 0.321 e. The topological polar surface area (TPSA) is 59.5 Å². The molecule has 0 fully saturated rings. The van der Waals surface area contributed by atoms with Gasteiger partial charge in [-0.2, -0.15) is 0 Å². The third-order valence-corrected chi connectivity index (χ3v) is 1.39. The number of primary amides is 1. The first kappa shape index (κ1) is 7.65. The molecule has 4 heteroatoms. The van der Waals surface area contributed by atoms with Crippen LogP contribution in [0.4, 0.5) is 10.7 Å². The number of amides is 2. The molecule has 1 aromatic rings. The third-order valence-electron chi connectivity index (χ3n) is 1.39. The Morgan fingerprint density at radius 1 is 1.64 bits per heavy atom. The maximum absolute atomic E-state index is 10.6. The molecule has 4 nitrogen and oxygen atoms in total. The number of aryl methyl sites for hydroxylation is 1. The van der Waals surface area contributed by atoms with Crippen molar-refractivity contribution in [2.75, 3.05) is 11.9 Å². The van der Waals surface area contributed by atoms with Gasteiger partial charge in [-0.25, -0.2) is 4.79 Å². The van der Waals surface area contributed by atoms with Crippen molar-refractivity contribution in [2.24, 2.45) is 5.73 Å². The van der Waals surface area contributed by atoms with Gasteiger partial charge in [-0.15, -0.1) is 0 Å². The van der Waals surface area contributed by atoms with Crippen LogP contribution in [0.5, 0.6) is 0 Å². The molecule has 0 aliphatic heterocycles. The van der Waals surface area contributed by atoms with E-state index in [9.17, 15) is 4.79 Å². The van der Waals surface area contributed by atoms with E-state index >= 15 is 0 Å². The lowest BCUT2D eigenvalue weighted by atomic mass is 10.5. The Labute approximate surface area is 64.6 Å². The summed E-state index contributed by atoms with van der Waals surface area (Å²) in [6.45, 7) is 1.80. The van der Waals surface area contributed by atoms with Crippen LogP contribution in [0.2, 0.25) is 0 Å². The monoisotopic (exact) mass is 154 g/mol. The second-order valence-corrected chi connectivity index (χ2v) is 2.28. The summed E-state index contributed by atoms with van der Waals surface area (Å²) in [5.74, 6) is 1.23. The smallest absolute Gasteiger partial charge is 0.321 e. The van der Waals surface area contributed by atoms with Crippen LogP contribution in [0, 0.1) is 6.92 Å². The standard InChI is InChI=1S/C7H10N2O2/c1-5-3-4-6(11-5)9(2)7(8)10/h3-4H,1-2H3,(H2,8,10). The summed E-state index contributed by atoms with van der Waals surface area (Å²) < 4.78 is 5.13. The van der Waals surface area contributed by atoms with Crippen molar-refractivity contribution >= 4 is 11.9 Å². The van der Waals surface area contributed by atoms with Crippen LogP contribution in [0.25, 0.3) is 0 Å². The molecule has 0 aliphatic carbocycles. The highest BCUT2D eigenvalue weighted by molar-refractivity contribution is 5.88. The second kappa shape index (κ2) is 2.65. The first-order valence-corrected chi connectivity index (χ1v) is 3.21. The van der Waals surface area contributed by atoms with Gasteiger partial charge in [-0.1, -0.05) is 0 Å². The molecule has 1 aromatic heterocycles. The molecular formula is C7H10N2O2. The van der Waals surface area contributed by atoms with E-state index in [-0.39, 0.29) is 0 Å². The maximum atomic E-state index is 10.6. The van der Waals surface area contributed by atoms with Crippen molar-refractivity contribution < 1.29 is 9.21 Å². The number of urea groups is 1. The number of carbonyl (C=O) groups is 1. The summed E-state index contributed by atoms with van der Waals surface area (Å²) in [6, 6.07) is 2.94. The van der Waals surface area contributed by atoms with Crippen molar-refractivity contribution in [1.82, 2.24) is 0 Å².